The van der Waals surface area contributed by atoms with Crippen molar-refractivity contribution in [2.75, 3.05) is 26.2 Å². The fraction of sp³-hybridized carbons (Fsp3) is 0.529. The van der Waals surface area contributed by atoms with E-state index in [2.05, 4.69) is 35.3 Å². The molecular weight excluding hydrogens is 264 g/mol. The number of nitrogens with zero attached hydrogens (tertiary/aromatic N) is 1. The highest BCUT2D eigenvalue weighted by molar-refractivity contribution is 5.82. The van der Waals surface area contributed by atoms with Crippen molar-refractivity contribution >= 4 is 11.0 Å². The smallest absolute Gasteiger partial charge is 0.134 e. The van der Waals surface area contributed by atoms with Crippen LogP contribution in [-0.4, -0.2) is 43.3 Å². The van der Waals surface area contributed by atoms with Crippen LogP contribution in [0.25, 0.3) is 11.0 Å². The number of nitrogens with one attached hydrogen (secondary N) is 1. The Morgan fingerprint density at radius 2 is 2.19 bits per heavy atom. The summed E-state index contributed by atoms with van der Waals surface area (Å²) in [6, 6.07) is 8.85. The maximum Gasteiger partial charge on any atom is 0.134 e. The lowest BCUT2D eigenvalue weighted by Gasteiger charge is -2.25. The first kappa shape index (κ1) is 13.3. The minimum Gasteiger partial charge on any atom is -0.461 e. The monoisotopic (exact) mass is 286 g/mol. The topological polar surface area (TPSA) is 37.6 Å². The second-order valence-corrected chi connectivity index (χ2v) is 6.02. The quantitative estimate of drug-likeness (QED) is 0.938. The molecule has 0 saturated carbocycles. The molecule has 2 atom stereocenters. The van der Waals surface area contributed by atoms with Gasteiger partial charge in [0.2, 0.25) is 0 Å². The van der Waals surface area contributed by atoms with E-state index in [1.165, 1.54) is 10.9 Å². The molecule has 0 radical (unpaired) electrons. The predicted molar refractivity (Wildman–Crippen MR) is 82.4 cm³/mol. The first-order valence-corrected chi connectivity index (χ1v) is 7.91. The maximum absolute atomic E-state index is 6.00. The van der Waals surface area contributed by atoms with Gasteiger partial charge in [0.05, 0.1) is 12.7 Å². The van der Waals surface area contributed by atoms with Crippen molar-refractivity contribution in [1.82, 2.24) is 10.2 Å². The van der Waals surface area contributed by atoms with E-state index in [9.17, 15) is 0 Å². The van der Waals surface area contributed by atoms with Crippen molar-refractivity contribution in [3.63, 3.8) is 0 Å². The number of fused-ring (bicyclic) bond motifs is 2. The van der Waals surface area contributed by atoms with Crippen LogP contribution < -0.4 is 5.32 Å². The van der Waals surface area contributed by atoms with Crippen LogP contribution in [0.3, 0.4) is 0 Å². The molecule has 0 bridgehead atoms. The summed E-state index contributed by atoms with van der Waals surface area (Å²) < 4.78 is 11.9. The molecule has 2 aliphatic heterocycles. The van der Waals surface area contributed by atoms with Crippen LogP contribution in [0.2, 0.25) is 0 Å². The highest BCUT2D eigenvalue weighted by Crippen LogP contribution is 2.29. The SMILES string of the molecule is CCc1oc2ccccc2c1CN1C[C@@H]2NCCO[C@H]2C1. The largest absolute Gasteiger partial charge is 0.461 e. The molecule has 2 aliphatic rings. The summed E-state index contributed by atoms with van der Waals surface area (Å²) in [5.41, 5.74) is 2.36. The summed E-state index contributed by atoms with van der Waals surface area (Å²) in [5.74, 6) is 1.12. The Labute approximate surface area is 125 Å². The summed E-state index contributed by atoms with van der Waals surface area (Å²) in [4.78, 5) is 2.49. The second-order valence-electron chi connectivity index (χ2n) is 6.02. The minimum atomic E-state index is 0.349. The molecule has 2 fully saturated rings. The van der Waals surface area contributed by atoms with Gasteiger partial charge in [0.15, 0.2) is 0 Å². The molecular formula is C17H22N2O2. The summed E-state index contributed by atoms with van der Waals surface area (Å²) in [7, 11) is 0. The van der Waals surface area contributed by atoms with Gasteiger partial charge in [0, 0.05) is 49.6 Å². The molecule has 4 nitrogen and oxygen atoms in total. The lowest BCUT2D eigenvalue weighted by atomic mass is 10.1. The lowest BCUT2D eigenvalue weighted by Crippen LogP contribution is -2.47. The third-order valence-electron chi connectivity index (χ3n) is 4.67. The number of morpholine rings is 1. The zero-order valence-corrected chi connectivity index (χ0v) is 12.5. The molecule has 4 rings (SSSR count). The van der Waals surface area contributed by atoms with E-state index < -0.39 is 0 Å². The summed E-state index contributed by atoms with van der Waals surface area (Å²) in [5, 5.41) is 4.83. The second kappa shape index (κ2) is 5.44. The maximum atomic E-state index is 6.00. The molecule has 3 heterocycles. The number of hydrogen-bond acceptors (Lipinski definition) is 4. The average molecular weight is 286 g/mol. The molecule has 1 aromatic heterocycles. The van der Waals surface area contributed by atoms with Gasteiger partial charge in [-0.2, -0.15) is 0 Å². The van der Waals surface area contributed by atoms with E-state index >= 15 is 0 Å². The fourth-order valence-electron chi connectivity index (χ4n) is 3.63. The molecule has 0 aliphatic carbocycles. The molecule has 112 valence electrons. The Morgan fingerprint density at radius 1 is 1.29 bits per heavy atom. The molecule has 0 amide bonds. The van der Waals surface area contributed by atoms with Crippen LogP contribution in [-0.2, 0) is 17.7 Å². The van der Waals surface area contributed by atoms with Gasteiger partial charge >= 0.3 is 0 Å². The number of furan rings is 1. The summed E-state index contributed by atoms with van der Waals surface area (Å²) in [6.07, 6.45) is 1.29. The van der Waals surface area contributed by atoms with Crippen molar-refractivity contribution in [2.24, 2.45) is 0 Å². The standard InChI is InChI=1S/C17H22N2O2/c1-2-15-13(12-5-3-4-6-16(12)21-15)9-19-10-14-17(11-19)20-8-7-18-14/h3-6,14,17-18H,2,7-11H2,1H3/t14-,17-/m0/s1. The van der Waals surface area contributed by atoms with Crippen LogP contribution in [0.5, 0.6) is 0 Å². The number of benzene rings is 1. The third-order valence-corrected chi connectivity index (χ3v) is 4.67. The van der Waals surface area contributed by atoms with Crippen molar-refractivity contribution in [3.8, 4) is 0 Å². The number of aryl methyl sites for hydroxylation is 1. The molecule has 2 aromatic rings. The van der Waals surface area contributed by atoms with Crippen LogP contribution >= 0.6 is 0 Å². The van der Waals surface area contributed by atoms with Gasteiger partial charge in [-0.05, 0) is 6.07 Å². The summed E-state index contributed by atoms with van der Waals surface area (Å²) in [6.45, 7) is 7.01. The Balaban J connectivity index is 1.59. The lowest BCUT2D eigenvalue weighted by molar-refractivity contribution is 0.0175. The zero-order chi connectivity index (χ0) is 14.2. The Hall–Kier alpha value is -1.36. The molecule has 4 heteroatoms. The van der Waals surface area contributed by atoms with Crippen LogP contribution in [0.15, 0.2) is 28.7 Å². The number of ether oxygens (including phenoxy) is 1. The van der Waals surface area contributed by atoms with Gasteiger partial charge in [0.1, 0.15) is 11.3 Å². The summed E-state index contributed by atoms with van der Waals surface area (Å²) >= 11 is 0. The van der Waals surface area contributed by atoms with Gasteiger partial charge in [-0.3, -0.25) is 4.90 Å². The van der Waals surface area contributed by atoms with E-state index in [0.29, 0.717) is 12.1 Å². The fourth-order valence-corrected chi connectivity index (χ4v) is 3.63. The first-order chi connectivity index (χ1) is 10.3. The van der Waals surface area contributed by atoms with Gasteiger partial charge < -0.3 is 14.5 Å². The Kier molecular flexibility index (Phi) is 3.45. The van der Waals surface area contributed by atoms with Crippen LogP contribution in [0, 0.1) is 0 Å². The molecule has 1 N–H and O–H groups in total. The number of para-hydroxylation sites is 1. The molecule has 2 saturated heterocycles. The predicted octanol–water partition coefficient (Wildman–Crippen LogP) is 2.17. The van der Waals surface area contributed by atoms with Crippen LogP contribution in [0.1, 0.15) is 18.2 Å². The number of rotatable bonds is 3. The van der Waals surface area contributed by atoms with Crippen molar-refractivity contribution in [2.45, 2.75) is 32.0 Å². The van der Waals surface area contributed by atoms with Gasteiger partial charge in [-0.1, -0.05) is 25.1 Å². The first-order valence-electron chi connectivity index (χ1n) is 7.91. The Bertz CT molecular complexity index is 623. The average Bonchev–Trinajstić information content (AvgIpc) is 3.08. The zero-order valence-electron chi connectivity index (χ0n) is 12.5. The Morgan fingerprint density at radius 3 is 3.05 bits per heavy atom. The van der Waals surface area contributed by atoms with Gasteiger partial charge in [-0.15, -0.1) is 0 Å². The van der Waals surface area contributed by atoms with E-state index in [1.54, 1.807) is 0 Å². The molecule has 0 unspecified atom stereocenters. The highest BCUT2D eigenvalue weighted by Gasteiger charge is 2.35. The van der Waals surface area contributed by atoms with E-state index in [0.717, 1.165) is 50.5 Å². The minimum absolute atomic E-state index is 0.349. The molecule has 21 heavy (non-hydrogen) atoms. The molecule has 1 aromatic carbocycles. The van der Waals surface area contributed by atoms with E-state index in [1.807, 2.05) is 6.07 Å². The van der Waals surface area contributed by atoms with Gasteiger partial charge in [-0.25, -0.2) is 0 Å². The molecule has 0 spiro atoms. The van der Waals surface area contributed by atoms with Crippen molar-refractivity contribution in [1.29, 1.82) is 0 Å². The number of likely N-dealkylation sites (tertiary alicyclic amines) is 1. The van der Waals surface area contributed by atoms with Crippen molar-refractivity contribution < 1.29 is 9.15 Å². The van der Waals surface area contributed by atoms with E-state index in [-0.39, 0.29) is 0 Å². The normalized spacial score (nSPS) is 26.3. The van der Waals surface area contributed by atoms with Crippen LogP contribution in [0.4, 0.5) is 0 Å². The van der Waals surface area contributed by atoms with Gasteiger partial charge in [0.25, 0.3) is 0 Å². The highest BCUT2D eigenvalue weighted by atomic mass is 16.5. The van der Waals surface area contributed by atoms with Crippen molar-refractivity contribution in [3.05, 3.63) is 35.6 Å². The number of hydrogen-bond donors (Lipinski definition) is 1. The third kappa shape index (κ3) is 2.37. The van der Waals surface area contributed by atoms with E-state index in [4.69, 9.17) is 9.15 Å².